The van der Waals surface area contributed by atoms with E-state index in [0.717, 1.165) is 34.4 Å². The van der Waals surface area contributed by atoms with Gasteiger partial charge in [0.05, 0.1) is 28.9 Å². The summed E-state index contributed by atoms with van der Waals surface area (Å²) < 4.78 is 6.68. The molecule has 8 heteroatoms. The Morgan fingerprint density at radius 3 is 3.16 bits per heavy atom. The Bertz CT molecular complexity index is 895. The van der Waals surface area contributed by atoms with Gasteiger partial charge in [-0.3, -0.25) is 9.69 Å². The molecule has 2 aromatic rings. The Labute approximate surface area is 148 Å². The highest BCUT2D eigenvalue weighted by molar-refractivity contribution is 7.22. The lowest BCUT2D eigenvalue weighted by atomic mass is 10.0. The quantitative estimate of drug-likeness (QED) is 0.843. The first-order valence-corrected chi connectivity index (χ1v) is 9.34. The molecule has 0 spiro atoms. The lowest BCUT2D eigenvalue weighted by Gasteiger charge is -2.35. The molecular weight excluding hydrogens is 340 g/mol. The van der Waals surface area contributed by atoms with Crippen molar-refractivity contribution < 1.29 is 14.3 Å². The van der Waals surface area contributed by atoms with E-state index >= 15 is 0 Å². The first-order valence-electron chi connectivity index (χ1n) is 8.52. The number of amides is 3. The summed E-state index contributed by atoms with van der Waals surface area (Å²) in [6, 6.07) is 3.89. The van der Waals surface area contributed by atoms with Crippen molar-refractivity contribution in [2.24, 2.45) is 0 Å². The number of hydrogen-bond donors (Lipinski definition) is 1. The highest BCUT2D eigenvalue weighted by Gasteiger charge is 2.45. The van der Waals surface area contributed by atoms with Crippen LogP contribution in [0.4, 0.5) is 9.93 Å². The third kappa shape index (κ3) is 2.20. The zero-order valence-corrected chi connectivity index (χ0v) is 14.6. The molecule has 1 N–H and O–H groups in total. The van der Waals surface area contributed by atoms with Gasteiger partial charge in [-0.05, 0) is 18.6 Å². The zero-order valence-electron chi connectivity index (χ0n) is 13.8. The first kappa shape index (κ1) is 14.9. The smallest absolute Gasteiger partial charge is 0.324 e. The molecule has 7 nitrogen and oxygen atoms in total. The van der Waals surface area contributed by atoms with Crippen LogP contribution < -0.4 is 15.0 Å². The van der Waals surface area contributed by atoms with Crippen molar-refractivity contribution >= 4 is 38.6 Å². The number of thiazole rings is 1. The van der Waals surface area contributed by atoms with Gasteiger partial charge in [-0.2, -0.15) is 0 Å². The van der Waals surface area contributed by atoms with Gasteiger partial charge in [0.1, 0.15) is 5.75 Å². The van der Waals surface area contributed by atoms with Crippen LogP contribution in [0.3, 0.4) is 0 Å². The Kier molecular flexibility index (Phi) is 3.18. The monoisotopic (exact) mass is 358 g/mol. The van der Waals surface area contributed by atoms with Gasteiger partial charge in [-0.15, -0.1) is 0 Å². The minimum atomic E-state index is -0.118. The number of hydrogen-bond acceptors (Lipinski definition) is 5. The molecule has 0 radical (unpaired) electrons. The minimum Gasteiger partial charge on any atom is -0.493 e. The van der Waals surface area contributed by atoms with Crippen molar-refractivity contribution in [3.05, 3.63) is 17.7 Å². The molecule has 4 heterocycles. The van der Waals surface area contributed by atoms with Crippen LogP contribution >= 0.6 is 11.3 Å². The minimum absolute atomic E-state index is 0.0528. The van der Waals surface area contributed by atoms with E-state index in [9.17, 15) is 9.59 Å². The summed E-state index contributed by atoms with van der Waals surface area (Å²) in [7, 11) is 0. The molecule has 0 aliphatic carbocycles. The number of urea groups is 1. The van der Waals surface area contributed by atoms with Crippen molar-refractivity contribution in [2.45, 2.75) is 31.8 Å². The molecule has 0 bridgehead atoms. The average molecular weight is 358 g/mol. The molecule has 130 valence electrons. The number of aromatic nitrogens is 1. The van der Waals surface area contributed by atoms with Crippen LogP contribution in [0.25, 0.3) is 10.2 Å². The lowest BCUT2D eigenvalue weighted by Crippen LogP contribution is -2.53. The van der Waals surface area contributed by atoms with Gasteiger partial charge in [0.15, 0.2) is 5.13 Å². The van der Waals surface area contributed by atoms with Crippen LogP contribution in [0.5, 0.6) is 5.75 Å². The number of fused-ring (bicyclic) bond motifs is 4. The number of ether oxygens (including phenoxy) is 1. The Morgan fingerprint density at radius 1 is 1.44 bits per heavy atom. The van der Waals surface area contributed by atoms with Gasteiger partial charge in [0.25, 0.3) is 0 Å². The molecule has 0 saturated carbocycles. The second-order valence-electron chi connectivity index (χ2n) is 6.73. The molecule has 1 aromatic heterocycles. The summed E-state index contributed by atoms with van der Waals surface area (Å²) in [4.78, 5) is 32.7. The van der Waals surface area contributed by atoms with Crippen molar-refractivity contribution in [1.29, 1.82) is 0 Å². The molecule has 2 fully saturated rings. The fraction of sp³-hybridized carbons (Fsp3) is 0.471. The number of benzene rings is 1. The summed E-state index contributed by atoms with van der Waals surface area (Å²) in [5, 5.41) is 3.75. The molecule has 1 aromatic carbocycles. The molecule has 0 unspecified atom stereocenters. The van der Waals surface area contributed by atoms with Gasteiger partial charge in [-0.25, -0.2) is 9.78 Å². The molecule has 3 amide bonds. The summed E-state index contributed by atoms with van der Waals surface area (Å²) >= 11 is 1.52. The number of likely N-dealkylation sites (tertiary alicyclic amines) is 1. The largest absolute Gasteiger partial charge is 0.493 e. The van der Waals surface area contributed by atoms with E-state index in [-0.39, 0.29) is 24.0 Å². The van der Waals surface area contributed by atoms with Crippen LogP contribution in [0.2, 0.25) is 0 Å². The van der Waals surface area contributed by atoms with E-state index in [1.165, 1.54) is 11.3 Å². The number of carbonyl (C=O) groups is 2. The first-order chi connectivity index (χ1) is 12.1. The maximum Gasteiger partial charge on any atom is 0.324 e. The number of anilines is 1. The van der Waals surface area contributed by atoms with E-state index in [2.05, 4.69) is 5.32 Å². The number of rotatable bonds is 1. The van der Waals surface area contributed by atoms with Crippen molar-refractivity contribution in [3.8, 4) is 5.75 Å². The van der Waals surface area contributed by atoms with Gasteiger partial charge >= 0.3 is 6.03 Å². The topological polar surface area (TPSA) is 74.8 Å². The van der Waals surface area contributed by atoms with Gasteiger partial charge in [0, 0.05) is 32.0 Å². The Morgan fingerprint density at radius 2 is 2.32 bits per heavy atom. The molecular formula is C17H18N4O3S. The van der Waals surface area contributed by atoms with E-state index in [0.29, 0.717) is 24.8 Å². The standard InChI is InChI=1S/C17H18N4O3S/c1-9(22)20-6-4-11-12(8-20)21(16(23)18-11)17-19-15-10-5-7-24-13(10)2-3-14(15)25-17/h2-3,11-12H,4-8H2,1H3,(H,18,23)/t11-,12+/m0/s1. The normalized spacial score (nSPS) is 24.9. The maximum absolute atomic E-state index is 12.6. The number of nitrogens with one attached hydrogen (secondary N) is 1. The molecule has 5 rings (SSSR count). The van der Waals surface area contributed by atoms with Gasteiger partial charge < -0.3 is 15.0 Å². The van der Waals surface area contributed by atoms with Crippen LogP contribution in [0, 0.1) is 0 Å². The van der Waals surface area contributed by atoms with Crippen LogP contribution in [0.15, 0.2) is 12.1 Å². The van der Waals surface area contributed by atoms with E-state index in [1.807, 2.05) is 17.0 Å². The van der Waals surface area contributed by atoms with Crippen molar-refractivity contribution in [2.75, 3.05) is 24.6 Å². The van der Waals surface area contributed by atoms with Crippen molar-refractivity contribution in [1.82, 2.24) is 15.2 Å². The third-order valence-corrected chi connectivity index (χ3v) is 6.33. The predicted molar refractivity (Wildman–Crippen MR) is 94.3 cm³/mol. The molecule has 3 aliphatic rings. The second-order valence-corrected chi connectivity index (χ2v) is 7.74. The van der Waals surface area contributed by atoms with E-state index in [4.69, 9.17) is 9.72 Å². The number of nitrogens with zero attached hydrogens (tertiary/aromatic N) is 3. The average Bonchev–Trinajstić information content (AvgIpc) is 3.28. The van der Waals surface area contributed by atoms with E-state index in [1.54, 1.807) is 11.8 Å². The Hall–Kier alpha value is -2.35. The summed E-state index contributed by atoms with van der Waals surface area (Å²) in [5.74, 6) is 0.950. The van der Waals surface area contributed by atoms with Crippen molar-refractivity contribution in [3.63, 3.8) is 0 Å². The molecule has 3 aliphatic heterocycles. The summed E-state index contributed by atoms with van der Waals surface area (Å²) in [5.41, 5.74) is 2.07. The fourth-order valence-corrected chi connectivity index (χ4v) is 5.07. The predicted octanol–water partition coefficient (Wildman–Crippen LogP) is 1.75. The third-order valence-electron chi connectivity index (χ3n) is 5.31. The second kappa shape index (κ2) is 5.32. The maximum atomic E-state index is 12.6. The zero-order chi connectivity index (χ0) is 17.1. The van der Waals surface area contributed by atoms with Crippen LogP contribution in [-0.4, -0.2) is 53.6 Å². The summed E-state index contributed by atoms with van der Waals surface area (Å²) in [6.45, 7) is 3.50. The Balaban J connectivity index is 1.54. The van der Waals surface area contributed by atoms with E-state index < -0.39 is 0 Å². The summed E-state index contributed by atoms with van der Waals surface area (Å²) in [6.07, 6.45) is 1.63. The number of carbonyl (C=O) groups excluding carboxylic acids is 2. The highest BCUT2D eigenvalue weighted by atomic mass is 32.1. The lowest BCUT2D eigenvalue weighted by molar-refractivity contribution is -0.130. The number of piperidine rings is 1. The molecule has 2 atom stereocenters. The van der Waals surface area contributed by atoms with Crippen LogP contribution in [0.1, 0.15) is 18.9 Å². The van der Waals surface area contributed by atoms with Gasteiger partial charge in [-0.1, -0.05) is 11.3 Å². The highest BCUT2D eigenvalue weighted by Crippen LogP contribution is 2.39. The van der Waals surface area contributed by atoms with Crippen LogP contribution in [-0.2, 0) is 11.2 Å². The van der Waals surface area contributed by atoms with Gasteiger partial charge in [0.2, 0.25) is 5.91 Å². The fourth-order valence-electron chi connectivity index (χ4n) is 4.02. The SMILES string of the molecule is CC(=O)N1CC[C@@H]2NC(=O)N(c3nc4c5c(ccc4s3)OCC5)[C@@H]2C1. The molecule has 25 heavy (non-hydrogen) atoms. The molecule has 2 saturated heterocycles.